The first-order chi connectivity index (χ1) is 8.54. The predicted molar refractivity (Wildman–Crippen MR) is 69.5 cm³/mol. The third kappa shape index (κ3) is 2.12. The highest BCUT2D eigenvalue weighted by Gasteiger charge is 2.29. The Labute approximate surface area is 106 Å². The lowest BCUT2D eigenvalue weighted by Crippen LogP contribution is -2.30. The maximum atomic E-state index is 13.9. The summed E-state index contributed by atoms with van der Waals surface area (Å²) in [6, 6.07) is 5.10. The topological polar surface area (TPSA) is 61.8 Å². The normalized spacial score (nSPS) is 24.6. The fourth-order valence-electron chi connectivity index (χ4n) is 2.69. The molecule has 18 heavy (non-hydrogen) atoms. The second-order valence-electron chi connectivity index (χ2n) is 4.96. The number of nitrogens with zero attached hydrogens (tertiary/aromatic N) is 2. The summed E-state index contributed by atoms with van der Waals surface area (Å²) in [5.74, 6) is -0.0900. The fraction of sp³-hybridized carbons (Fsp3) is 0.462. The van der Waals surface area contributed by atoms with E-state index in [0.717, 1.165) is 13.0 Å². The molecule has 0 aromatic heterocycles. The molecule has 3 N–H and O–H groups in total. The molecule has 4 nitrogen and oxygen atoms in total. The van der Waals surface area contributed by atoms with Gasteiger partial charge >= 0.3 is 0 Å². The first-order valence-electron chi connectivity index (χ1n) is 6.07. The predicted octanol–water partition coefficient (Wildman–Crippen LogP) is 2.15. The number of rotatable bonds is 2. The molecule has 0 amide bonds. The van der Waals surface area contributed by atoms with Crippen LogP contribution in [0.15, 0.2) is 23.4 Å². The van der Waals surface area contributed by atoms with E-state index in [-0.39, 0.29) is 11.4 Å². The minimum absolute atomic E-state index is 0.181. The highest BCUT2D eigenvalue weighted by Crippen LogP contribution is 2.32. The average Bonchev–Trinajstić information content (AvgIpc) is 2.67. The van der Waals surface area contributed by atoms with Gasteiger partial charge in [0.2, 0.25) is 0 Å². The van der Waals surface area contributed by atoms with Gasteiger partial charge in [-0.15, -0.1) is 0 Å². The van der Waals surface area contributed by atoms with Crippen molar-refractivity contribution >= 4 is 11.5 Å². The SMILES string of the molecule is CC1CC(C)N(c2cccc(F)c2/C(N)=N/O)C1. The summed E-state index contributed by atoms with van der Waals surface area (Å²) in [5.41, 5.74) is 6.45. The summed E-state index contributed by atoms with van der Waals surface area (Å²) in [7, 11) is 0. The van der Waals surface area contributed by atoms with Crippen molar-refractivity contribution in [1.82, 2.24) is 0 Å². The number of benzene rings is 1. The van der Waals surface area contributed by atoms with Crippen LogP contribution in [0.25, 0.3) is 0 Å². The number of anilines is 1. The second kappa shape index (κ2) is 4.84. The largest absolute Gasteiger partial charge is 0.409 e. The number of amidine groups is 1. The Hall–Kier alpha value is -1.78. The lowest BCUT2D eigenvalue weighted by atomic mass is 10.1. The first-order valence-corrected chi connectivity index (χ1v) is 6.07. The van der Waals surface area contributed by atoms with E-state index in [1.54, 1.807) is 6.07 Å². The van der Waals surface area contributed by atoms with Crippen LogP contribution in [0.2, 0.25) is 0 Å². The van der Waals surface area contributed by atoms with Crippen LogP contribution in [0.5, 0.6) is 0 Å². The van der Waals surface area contributed by atoms with Crippen molar-refractivity contribution in [2.45, 2.75) is 26.3 Å². The van der Waals surface area contributed by atoms with Gasteiger partial charge in [0.05, 0.1) is 11.3 Å². The van der Waals surface area contributed by atoms with Gasteiger partial charge in [-0.25, -0.2) is 4.39 Å². The quantitative estimate of drug-likeness (QED) is 0.366. The van der Waals surface area contributed by atoms with Crippen LogP contribution in [0.1, 0.15) is 25.8 Å². The number of hydrogen-bond donors (Lipinski definition) is 2. The Morgan fingerprint density at radius 2 is 2.22 bits per heavy atom. The van der Waals surface area contributed by atoms with Gasteiger partial charge in [-0.05, 0) is 31.4 Å². The maximum Gasteiger partial charge on any atom is 0.175 e. The molecule has 1 aliphatic heterocycles. The van der Waals surface area contributed by atoms with Gasteiger partial charge in [0.15, 0.2) is 5.84 Å². The molecule has 1 fully saturated rings. The van der Waals surface area contributed by atoms with Gasteiger partial charge in [0, 0.05) is 12.6 Å². The number of nitrogens with two attached hydrogens (primary N) is 1. The molecule has 98 valence electrons. The lowest BCUT2D eigenvalue weighted by Gasteiger charge is -2.26. The molecule has 0 aliphatic carbocycles. The van der Waals surface area contributed by atoms with Crippen LogP contribution in [0.3, 0.4) is 0 Å². The van der Waals surface area contributed by atoms with Gasteiger partial charge in [0.1, 0.15) is 5.82 Å². The van der Waals surface area contributed by atoms with Gasteiger partial charge in [-0.2, -0.15) is 0 Å². The summed E-state index contributed by atoms with van der Waals surface area (Å²) >= 11 is 0. The Bertz CT molecular complexity index is 475. The number of halogens is 1. The van der Waals surface area contributed by atoms with E-state index in [0.29, 0.717) is 17.6 Å². The summed E-state index contributed by atoms with van der Waals surface area (Å²) in [6.45, 7) is 5.12. The van der Waals surface area contributed by atoms with E-state index in [2.05, 4.69) is 23.9 Å². The van der Waals surface area contributed by atoms with E-state index in [4.69, 9.17) is 10.9 Å². The van der Waals surface area contributed by atoms with Crippen molar-refractivity contribution in [2.24, 2.45) is 16.8 Å². The second-order valence-corrected chi connectivity index (χ2v) is 4.96. The van der Waals surface area contributed by atoms with Gasteiger partial charge in [-0.3, -0.25) is 0 Å². The van der Waals surface area contributed by atoms with Crippen LogP contribution < -0.4 is 10.6 Å². The Balaban J connectivity index is 2.48. The molecule has 1 aromatic carbocycles. The van der Waals surface area contributed by atoms with Crippen molar-refractivity contribution in [3.05, 3.63) is 29.6 Å². The maximum absolute atomic E-state index is 13.9. The van der Waals surface area contributed by atoms with E-state index in [9.17, 15) is 4.39 Å². The van der Waals surface area contributed by atoms with Crippen LogP contribution in [-0.4, -0.2) is 23.6 Å². The molecule has 1 aromatic rings. The van der Waals surface area contributed by atoms with Crippen LogP contribution in [-0.2, 0) is 0 Å². The fourth-order valence-corrected chi connectivity index (χ4v) is 2.69. The average molecular weight is 251 g/mol. The molecule has 0 bridgehead atoms. The molecular formula is C13H18FN3O. The monoisotopic (exact) mass is 251 g/mol. The molecular weight excluding hydrogens is 233 g/mol. The first kappa shape index (κ1) is 12.7. The Morgan fingerprint density at radius 1 is 1.50 bits per heavy atom. The summed E-state index contributed by atoms with van der Waals surface area (Å²) < 4.78 is 13.9. The molecule has 2 rings (SSSR count). The Kier molecular flexibility index (Phi) is 3.41. The summed E-state index contributed by atoms with van der Waals surface area (Å²) in [6.07, 6.45) is 1.06. The third-order valence-electron chi connectivity index (χ3n) is 3.45. The van der Waals surface area contributed by atoms with Crippen molar-refractivity contribution in [1.29, 1.82) is 0 Å². The van der Waals surface area contributed by atoms with E-state index in [1.807, 2.05) is 6.07 Å². The number of hydrogen-bond acceptors (Lipinski definition) is 3. The zero-order valence-corrected chi connectivity index (χ0v) is 10.6. The molecule has 1 heterocycles. The lowest BCUT2D eigenvalue weighted by molar-refractivity contribution is 0.318. The smallest absolute Gasteiger partial charge is 0.175 e. The highest BCUT2D eigenvalue weighted by atomic mass is 19.1. The van der Waals surface area contributed by atoms with Gasteiger partial charge in [-0.1, -0.05) is 18.1 Å². The molecule has 1 aliphatic rings. The van der Waals surface area contributed by atoms with E-state index < -0.39 is 5.82 Å². The molecule has 1 saturated heterocycles. The standard InChI is InChI=1S/C13H18FN3O/c1-8-6-9(2)17(7-8)11-5-3-4-10(14)12(11)13(15)16-18/h3-5,8-9,18H,6-7H2,1-2H3,(H2,15,16). The van der Waals surface area contributed by atoms with Crippen LogP contribution in [0.4, 0.5) is 10.1 Å². The van der Waals surface area contributed by atoms with Crippen LogP contribution in [0, 0.1) is 11.7 Å². The Morgan fingerprint density at radius 3 is 2.78 bits per heavy atom. The molecule has 0 spiro atoms. The van der Waals surface area contributed by atoms with Crippen molar-refractivity contribution in [3.8, 4) is 0 Å². The van der Waals surface area contributed by atoms with Crippen molar-refractivity contribution in [2.75, 3.05) is 11.4 Å². The van der Waals surface area contributed by atoms with Crippen LogP contribution >= 0.6 is 0 Å². The third-order valence-corrected chi connectivity index (χ3v) is 3.45. The minimum Gasteiger partial charge on any atom is -0.409 e. The van der Waals surface area contributed by atoms with Gasteiger partial charge < -0.3 is 15.8 Å². The zero-order chi connectivity index (χ0) is 13.3. The van der Waals surface area contributed by atoms with E-state index >= 15 is 0 Å². The highest BCUT2D eigenvalue weighted by molar-refractivity contribution is 6.02. The molecule has 0 saturated carbocycles. The molecule has 0 radical (unpaired) electrons. The van der Waals surface area contributed by atoms with Gasteiger partial charge in [0.25, 0.3) is 0 Å². The van der Waals surface area contributed by atoms with E-state index in [1.165, 1.54) is 6.07 Å². The molecule has 2 unspecified atom stereocenters. The minimum atomic E-state index is -0.463. The zero-order valence-electron chi connectivity index (χ0n) is 10.6. The van der Waals surface area contributed by atoms with Crippen molar-refractivity contribution in [3.63, 3.8) is 0 Å². The molecule has 5 heteroatoms. The summed E-state index contributed by atoms with van der Waals surface area (Å²) in [4.78, 5) is 2.11. The van der Waals surface area contributed by atoms with Crippen molar-refractivity contribution < 1.29 is 9.60 Å². The number of oxime groups is 1. The summed E-state index contributed by atoms with van der Waals surface area (Å²) in [5, 5.41) is 11.7. The molecule has 2 atom stereocenters.